The molecule has 2 amide bonds. The van der Waals surface area contributed by atoms with Crippen LogP contribution in [0.1, 0.15) is 25.0 Å². The van der Waals surface area contributed by atoms with Gasteiger partial charge in [-0.25, -0.2) is 0 Å². The molecule has 0 saturated carbocycles. The highest BCUT2D eigenvalue weighted by molar-refractivity contribution is 6.31. The van der Waals surface area contributed by atoms with Crippen molar-refractivity contribution in [3.05, 3.63) is 64.7 Å². The number of carbonyl (C=O) groups excluding carboxylic acids is 2. The fourth-order valence-corrected chi connectivity index (χ4v) is 2.65. The Bertz CT molecular complexity index is 745. The summed E-state index contributed by atoms with van der Waals surface area (Å²) in [5.74, 6) is -0.469. The Morgan fingerprint density at radius 3 is 2.40 bits per heavy atom. The highest BCUT2D eigenvalue weighted by Gasteiger charge is 2.24. The average Bonchev–Trinajstić information content (AvgIpc) is 2.56. The van der Waals surface area contributed by atoms with Crippen molar-refractivity contribution < 1.29 is 9.59 Å². The molecule has 0 fully saturated rings. The smallest absolute Gasteiger partial charge is 0.247 e. The van der Waals surface area contributed by atoms with Gasteiger partial charge in [0, 0.05) is 10.7 Å². The van der Waals surface area contributed by atoms with Crippen LogP contribution >= 0.6 is 11.6 Å². The third-order valence-electron chi connectivity index (χ3n) is 3.93. The van der Waals surface area contributed by atoms with Gasteiger partial charge < -0.3 is 10.6 Å². The lowest BCUT2D eigenvalue weighted by Crippen LogP contribution is -2.47. The minimum Gasteiger partial charge on any atom is -0.344 e. The van der Waals surface area contributed by atoms with E-state index in [2.05, 4.69) is 10.6 Å². The molecule has 132 valence electrons. The van der Waals surface area contributed by atoms with Gasteiger partial charge in [-0.3, -0.25) is 9.59 Å². The standard InChI is InChI=1S/C20H23ClN2O2/c1-13(2)19(23-18(24)11-15-7-5-4-6-8-15)20(25)22-17-12-16(21)10-9-14(17)3/h4-10,12-13,19H,11H2,1-3H3,(H,22,25)(H,23,24). The largest absolute Gasteiger partial charge is 0.344 e. The second-order valence-electron chi connectivity index (χ2n) is 6.40. The Balaban J connectivity index is 2.05. The van der Waals surface area contributed by atoms with Gasteiger partial charge in [0.05, 0.1) is 6.42 Å². The first kappa shape index (κ1) is 19.0. The summed E-state index contributed by atoms with van der Waals surface area (Å²) in [4.78, 5) is 24.9. The zero-order valence-corrected chi connectivity index (χ0v) is 15.4. The molecule has 0 aliphatic carbocycles. The van der Waals surface area contributed by atoms with Gasteiger partial charge in [0.1, 0.15) is 6.04 Å². The lowest BCUT2D eigenvalue weighted by Gasteiger charge is -2.22. The average molecular weight is 359 g/mol. The first-order valence-corrected chi connectivity index (χ1v) is 8.65. The van der Waals surface area contributed by atoms with E-state index >= 15 is 0 Å². The van der Waals surface area contributed by atoms with E-state index in [-0.39, 0.29) is 24.2 Å². The quantitative estimate of drug-likeness (QED) is 0.820. The van der Waals surface area contributed by atoms with E-state index in [0.29, 0.717) is 10.7 Å². The maximum Gasteiger partial charge on any atom is 0.247 e. The Morgan fingerprint density at radius 1 is 1.08 bits per heavy atom. The van der Waals surface area contributed by atoms with Crippen LogP contribution in [0.4, 0.5) is 5.69 Å². The van der Waals surface area contributed by atoms with Crippen molar-refractivity contribution in [3.63, 3.8) is 0 Å². The molecule has 0 radical (unpaired) electrons. The molecule has 4 nitrogen and oxygen atoms in total. The van der Waals surface area contributed by atoms with Crippen LogP contribution in [0.5, 0.6) is 0 Å². The molecule has 0 spiro atoms. The summed E-state index contributed by atoms with van der Waals surface area (Å²) < 4.78 is 0. The van der Waals surface area contributed by atoms with Gasteiger partial charge in [-0.05, 0) is 36.1 Å². The van der Waals surface area contributed by atoms with Gasteiger partial charge in [0.2, 0.25) is 11.8 Å². The number of nitrogens with one attached hydrogen (secondary N) is 2. The second-order valence-corrected chi connectivity index (χ2v) is 6.84. The lowest BCUT2D eigenvalue weighted by atomic mass is 10.0. The monoisotopic (exact) mass is 358 g/mol. The predicted molar refractivity (Wildman–Crippen MR) is 102 cm³/mol. The second kappa shape index (κ2) is 8.67. The maximum atomic E-state index is 12.6. The zero-order valence-electron chi connectivity index (χ0n) is 14.7. The molecular weight excluding hydrogens is 336 g/mol. The molecule has 2 aromatic carbocycles. The number of rotatable bonds is 6. The first-order valence-electron chi connectivity index (χ1n) is 8.27. The van der Waals surface area contributed by atoms with Gasteiger partial charge in [-0.1, -0.05) is 61.8 Å². The molecule has 1 unspecified atom stereocenters. The number of benzene rings is 2. The van der Waals surface area contributed by atoms with Crippen LogP contribution in [0.3, 0.4) is 0 Å². The summed E-state index contributed by atoms with van der Waals surface area (Å²) in [6, 6.07) is 14.2. The summed E-state index contributed by atoms with van der Waals surface area (Å²) in [6.45, 7) is 5.69. The molecule has 0 aliphatic heterocycles. The highest BCUT2D eigenvalue weighted by atomic mass is 35.5. The Labute approximate surface area is 153 Å². The topological polar surface area (TPSA) is 58.2 Å². The van der Waals surface area contributed by atoms with Gasteiger partial charge in [-0.2, -0.15) is 0 Å². The minimum atomic E-state index is -0.616. The number of anilines is 1. The van der Waals surface area contributed by atoms with Crippen LogP contribution in [0.25, 0.3) is 0 Å². The Hall–Kier alpha value is -2.33. The normalized spacial score (nSPS) is 11.9. The summed E-state index contributed by atoms with van der Waals surface area (Å²) in [6.07, 6.45) is 0.244. The number of carbonyl (C=O) groups is 2. The molecule has 0 heterocycles. The van der Waals surface area contributed by atoms with E-state index in [9.17, 15) is 9.59 Å². The number of amides is 2. The van der Waals surface area contributed by atoms with Crippen LogP contribution in [-0.2, 0) is 16.0 Å². The molecule has 0 aliphatic rings. The highest BCUT2D eigenvalue weighted by Crippen LogP contribution is 2.21. The van der Waals surface area contributed by atoms with Crippen molar-refractivity contribution >= 4 is 29.1 Å². The molecular formula is C20H23ClN2O2. The summed E-state index contributed by atoms with van der Waals surface area (Å²) in [7, 11) is 0. The maximum absolute atomic E-state index is 12.6. The molecule has 0 bridgehead atoms. The molecule has 2 rings (SSSR count). The van der Waals surface area contributed by atoms with Crippen molar-refractivity contribution in [2.45, 2.75) is 33.2 Å². The fourth-order valence-electron chi connectivity index (χ4n) is 2.48. The SMILES string of the molecule is Cc1ccc(Cl)cc1NC(=O)C(NC(=O)Cc1ccccc1)C(C)C. The van der Waals surface area contributed by atoms with E-state index in [1.807, 2.05) is 57.2 Å². The molecule has 0 aromatic heterocycles. The van der Waals surface area contributed by atoms with Crippen LogP contribution in [0, 0.1) is 12.8 Å². The Kier molecular flexibility index (Phi) is 6.59. The van der Waals surface area contributed by atoms with Crippen LogP contribution in [0.2, 0.25) is 5.02 Å². The number of halogens is 1. The van der Waals surface area contributed by atoms with Crippen LogP contribution < -0.4 is 10.6 Å². The van der Waals surface area contributed by atoms with E-state index in [1.54, 1.807) is 12.1 Å². The third kappa shape index (κ3) is 5.61. The van der Waals surface area contributed by atoms with Crippen molar-refractivity contribution in [3.8, 4) is 0 Å². The van der Waals surface area contributed by atoms with E-state index < -0.39 is 6.04 Å². The molecule has 1 atom stereocenters. The number of hydrogen-bond donors (Lipinski definition) is 2. The summed E-state index contributed by atoms with van der Waals surface area (Å²) in [5.41, 5.74) is 2.48. The molecule has 0 saturated heterocycles. The summed E-state index contributed by atoms with van der Waals surface area (Å²) in [5, 5.41) is 6.25. The number of hydrogen-bond acceptors (Lipinski definition) is 2. The summed E-state index contributed by atoms with van der Waals surface area (Å²) >= 11 is 6.00. The Morgan fingerprint density at radius 2 is 1.76 bits per heavy atom. The first-order chi connectivity index (χ1) is 11.9. The molecule has 5 heteroatoms. The predicted octanol–water partition coefficient (Wildman–Crippen LogP) is 3.97. The van der Waals surface area contributed by atoms with E-state index in [4.69, 9.17) is 11.6 Å². The van der Waals surface area contributed by atoms with Crippen LogP contribution in [-0.4, -0.2) is 17.9 Å². The molecule has 25 heavy (non-hydrogen) atoms. The van der Waals surface area contributed by atoms with Crippen molar-refractivity contribution in [2.75, 3.05) is 5.32 Å². The van der Waals surface area contributed by atoms with Crippen molar-refractivity contribution in [1.29, 1.82) is 0 Å². The van der Waals surface area contributed by atoms with Crippen molar-refractivity contribution in [2.24, 2.45) is 5.92 Å². The number of aryl methyl sites for hydroxylation is 1. The van der Waals surface area contributed by atoms with Crippen molar-refractivity contribution in [1.82, 2.24) is 5.32 Å². The molecule has 2 N–H and O–H groups in total. The molecule has 2 aromatic rings. The van der Waals surface area contributed by atoms with Gasteiger partial charge in [0.15, 0.2) is 0 Å². The minimum absolute atomic E-state index is 0.0424. The lowest BCUT2D eigenvalue weighted by molar-refractivity contribution is -0.127. The zero-order chi connectivity index (χ0) is 18.4. The van der Waals surface area contributed by atoms with Gasteiger partial charge in [0.25, 0.3) is 0 Å². The van der Waals surface area contributed by atoms with Crippen LogP contribution in [0.15, 0.2) is 48.5 Å². The van der Waals surface area contributed by atoms with Gasteiger partial charge in [-0.15, -0.1) is 0 Å². The third-order valence-corrected chi connectivity index (χ3v) is 4.17. The van der Waals surface area contributed by atoms with E-state index in [0.717, 1.165) is 11.1 Å². The fraction of sp³-hybridized carbons (Fsp3) is 0.300. The van der Waals surface area contributed by atoms with Gasteiger partial charge >= 0.3 is 0 Å². The van der Waals surface area contributed by atoms with E-state index in [1.165, 1.54) is 0 Å².